The van der Waals surface area contributed by atoms with Crippen molar-refractivity contribution < 1.29 is 13.2 Å². The monoisotopic (exact) mass is 384 g/mol. The smallest absolute Gasteiger partial charge is 0.286 e. The van der Waals surface area contributed by atoms with Gasteiger partial charge in [0.25, 0.3) is 5.56 Å². The van der Waals surface area contributed by atoms with Crippen LogP contribution in [-0.4, -0.2) is 19.1 Å². The van der Waals surface area contributed by atoms with Crippen LogP contribution in [0.5, 0.6) is 0 Å². The van der Waals surface area contributed by atoms with Gasteiger partial charge in [-0.3, -0.25) is 9.36 Å². The average molecular weight is 384 g/mol. The first-order chi connectivity index (χ1) is 13.5. The summed E-state index contributed by atoms with van der Waals surface area (Å²) >= 11 is 0. The van der Waals surface area contributed by atoms with E-state index >= 15 is 0 Å². The van der Waals surface area contributed by atoms with Gasteiger partial charge in [0.05, 0.1) is 12.0 Å². The van der Waals surface area contributed by atoms with Crippen molar-refractivity contribution in [3.63, 3.8) is 0 Å². The topological polar surface area (TPSA) is 52.7 Å². The van der Waals surface area contributed by atoms with Crippen LogP contribution in [-0.2, 0) is 13.0 Å². The Bertz CT molecular complexity index is 1210. The van der Waals surface area contributed by atoms with Gasteiger partial charge in [0.15, 0.2) is 11.2 Å². The van der Waals surface area contributed by atoms with Crippen molar-refractivity contribution in [3.8, 4) is 5.69 Å². The second-order valence-corrected chi connectivity index (χ2v) is 6.22. The molecule has 4 aromatic rings. The summed E-state index contributed by atoms with van der Waals surface area (Å²) in [7, 11) is 0. The molecule has 4 rings (SSSR count). The molecule has 0 saturated heterocycles. The maximum Gasteiger partial charge on any atom is 0.286 e. The summed E-state index contributed by atoms with van der Waals surface area (Å²) < 4.78 is 44.6. The maximum atomic E-state index is 14.2. The van der Waals surface area contributed by atoms with Crippen molar-refractivity contribution in [2.75, 3.05) is 0 Å². The summed E-state index contributed by atoms with van der Waals surface area (Å²) in [6.45, 7) is 2.39. The molecule has 0 aliphatic heterocycles. The molecule has 142 valence electrons. The minimum absolute atomic E-state index is 0.128. The Morgan fingerprint density at radius 2 is 1.68 bits per heavy atom. The normalized spacial score (nSPS) is 11.3. The fraction of sp³-hybridized carbons (Fsp3) is 0.150. The van der Waals surface area contributed by atoms with Crippen LogP contribution >= 0.6 is 0 Å². The number of rotatable bonds is 4. The predicted octanol–water partition coefficient (Wildman–Crippen LogP) is 3.61. The van der Waals surface area contributed by atoms with E-state index in [-0.39, 0.29) is 23.3 Å². The molecule has 2 aromatic heterocycles. The van der Waals surface area contributed by atoms with Crippen molar-refractivity contribution in [1.29, 1.82) is 0 Å². The molecule has 0 aliphatic carbocycles. The Hall–Kier alpha value is -3.42. The van der Waals surface area contributed by atoms with E-state index in [1.165, 1.54) is 41.2 Å². The zero-order chi connectivity index (χ0) is 19.8. The molecule has 0 bridgehead atoms. The van der Waals surface area contributed by atoms with Gasteiger partial charge in [-0.2, -0.15) is 0 Å². The maximum absolute atomic E-state index is 14.2. The van der Waals surface area contributed by atoms with Crippen molar-refractivity contribution in [2.24, 2.45) is 0 Å². The van der Waals surface area contributed by atoms with Gasteiger partial charge in [-0.05, 0) is 43.3 Å². The van der Waals surface area contributed by atoms with Gasteiger partial charge in [0.2, 0.25) is 0 Å². The molecule has 2 aromatic carbocycles. The number of fused-ring (bicyclic) bond motifs is 1. The molecule has 0 unspecified atom stereocenters. The summed E-state index contributed by atoms with van der Waals surface area (Å²) in [6, 6.07) is 8.77. The lowest BCUT2D eigenvalue weighted by molar-refractivity contribution is 0.557. The number of imidazole rings is 1. The first-order valence-corrected chi connectivity index (χ1v) is 8.65. The van der Waals surface area contributed by atoms with E-state index in [1.807, 2.05) is 6.92 Å². The van der Waals surface area contributed by atoms with Crippen LogP contribution in [0.4, 0.5) is 13.2 Å². The largest absolute Gasteiger partial charge is 0.315 e. The molecule has 0 atom stereocenters. The van der Waals surface area contributed by atoms with E-state index in [9.17, 15) is 18.0 Å². The van der Waals surface area contributed by atoms with Crippen molar-refractivity contribution in [1.82, 2.24) is 19.1 Å². The summed E-state index contributed by atoms with van der Waals surface area (Å²) in [5, 5.41) is 0. The SMILES string of the molecule is CCn1cnc2c(=O)n(-c3ccc(F)cc3)c(Cc3c(F)cccc3F)nc21. The Morgan fingerprint density at radius 1 is 1.00 bits per heavy atom. The first-order valence-electron chi connectivity index (χ1n) is 8.65. The summed E-state index contributed by atoms with van der Waals surface area (Å²) in [5.74, 6) is -1.81. The molecule has 0 N–H and O–H groups in total. The molecular formula is C20H15F3N4O. The second kappa shape index (κ2) is 6.95. The van der Waals surface area contributed by atoms with Gasteiger partial charge in [0, 0.05) is 18.5 Å². The van der Waals surface area contributed by atoms with Gasteiger partial charge in [-0.15, -0.1) is 0 Å². The van der Waals surface area contributed by atoms with Crippen molar-refractivity contribution >= 4 is 11.2 Å². The van der Waals surface area contributed by atoms with Crippen LogP contribution in [0.25, 0.3) is 16.9 Å². The minimum atomic E-state index is -0.732. The third-order valence-electron chi connectivity index (χ3n) is 4.53. The number of aromatic nitrogens is 4. The standard InChI is InChI=1S/C20H15F3N4O/c1-2-26-11-24-18-19(26)25-17(10-14-15(22)4-3-5-16(14)23)27(20(18)28)13-8-6-12(21)7-9-13/h3-9,11H,2,10H2,1H3. The molecular weight excluding hydrogens is 369 g/mol. The van der Waals surface area contributed by atoms with Gasteiger partial charge in [-0.25, -0.2) is 23.1 Å². The van der Waals surface area contributed by atoms with Crippen LogP contribution in [0.2, 0.25) is 0 Å². The van der Waals surface area contributed by atoms with Crippen molar-refractivity contribution in [2.45, 2.75) is 19.9 Å². The molecule has 0 amide bonds. The van der Waals surface area contributed by atoms with E-state index in [1.54, 1.807) is 4.57 Å². The lowest BCUT2D eigenvalue weighted by atomic mass is 10.1. The van der Waals surface area contributed by atoms with Crippen LogP contribution in [0.15, 0.2) is 53.6 Å². The molecule has 2 heterocycles. The number of nitrogens with zero attached hydrogens (tertiary/aromatic N) is 4. The third-order valence-corrected chi connectivity index (χ3v) is 4.53. The predicted molar refractivity (Wildman–Crippen MR) is 97.9 cm³/mol. The zero-order valence-electron chi connectivity index (χ0n) is 14.9. The molecule has 28 heavy (non-hydrogen) atoms. The number of aryl methyl sites for hydroxylation is 1. The molecule has 5 nitrogen and oxygen atoms in total. The van der Waals surface area contributed by atoms with E-state index in [4.69, 9.17) is 0 Å². The molecule has 0 fully saturated rings. The highest BCUT2D eigenvalue weighted by Crippen LogP contribution is 2.19. The quantitative estimate of drug-likeness (QED) is 0.540. The van der Waals surface area contributed by atoms with E-state index in [0.717, 1.165) is 12.1 Å². The van der Waals surface area contributed by atoms with Crippen LogP contribution in [0, 0.1) is 17.5 Å². The number of benzene rings is 2. The molecule has 0 spiro atoms. The Balaban J connectivity index is 2.00. The van der Waals surface area contributed by atoms with E-state index in [0.29, 0.717) is 17.9 Å². The summed E-state index contributed by atoms with van der Waals surface area (Å²) in [6.07, 6.45) is 1.23. The van der Waals surface area contributed by atoms with Gasteiger partial charge in [0.1, 0.15) is 23.3 Å². The Morgan fingerprint density at radius 3 is 2.32 bits per heavy atom. The third kappa shape index (κ3) is 2.96. The van der Waals surface area contributed by atoms with Crippen LogP contribution < -0.4 is 5.56 Å². The molecule has 0 aliphatic rings. The highest BCUT2D eigenvalue weighted by molar-refractivity contribution is 5.70. The Kier molecular flexibility index (Phi) is 4.46. The fourth-order valence-electron chi connectivity index (χ4n) is 3.11. The van der Waals surface area contributed by atoms with Gasteiger partial charge >= 0.3 is 0 Å². The summed E-state index contributed by atoms with van der Waals surface area (Å²) in [5.41, 5.74) is 0.0999. The van der Waals surface area contributed by atoms with Gasteiger partial charge < -0.3 is 4.57 Å². The highest BCUT2D eigenvalue weighted by Gasteiger charge is 2.19. The second-order valence-electron chi connectivity index (χ2n) is 6.22. The summed E-state index contributed by atoms with van der Waals surface area (Å²) in [4.78, 5) is 21.7. The number of halogens is 3. The highest BCUT2D eigenvalue weighted by atomic mass is 19.1. The lowest BCUT2D eigenvalue weighted by Gasteiger charge is -2.14. The number of hydrogen-bond donors (Lipinski definition) is 0. The molecule has 0 radical (unpaired) electrons. The van der Waals surface area contributed by atoms with Crippen LogP contribution in [0.3, 0.4) is 0 Å². The fourth-order valence-corrected chi connectivity index (χ4v) is 3.11. The van der Waals surface area contributed by atoms with Gasteiger partial charge in [-0.1, -0.05) is 6.07 Å². The first kappa shape index (κ1) is 18.0. The average Bonchev–Trinajstić information content (AvgIpc) is 3.09. The zero-order valence-corrected chi connectivity index (χ0v) is 14.9. The van der Waals surface area contributed by atoms with E-state index in [2.05, 4.69) is 9.97 Å². The number of hydrogen-bond acceptors (Lipinski definition) is 3. The lowest BCUT2D eigenvalue weighted by Crippen LogP contribution is -2.25. The minimum Gasteiger partial charge on any atom is -0.315 e. The van der Waals surface area contributed by atoms with Crippen LogP contribution in [0.1, 0.15) is 18.3 Å². The van der Waals surface area contributed by atoms with E-state index < -0.39 is 23.0 Å². The molecule has 0 saturated carbocycles. The Labute approximate surface area is 157 Å². The molecule has 8 heteroatoms. The van der Waals surface area contributed by atoms with Crippen molar-refractivity contribution in [3.05, 3.63) is 88.0 Å².